The van der Waals surface area contributed by atoms with Crippen molar-refractivity contribution in [2.75, 3.05) is 32.7 Å². The van der Waals surface area contributed by atoms with Gasteiger partial charge in [0, 0.05) is 18.0 Å². The third-order valence-electron chi connectivity index (χ3n) is 3.12. The van der Waals surface area contributed by atoms with Gasteiger partial charge in [0.05, 0.1) is 32.7 Å². The largest absolute Gasteiger partial charge is 0.329 e. The number of quaternary nitrogens is 1. The second kappa shape index (κ2) is 5.59. The molecule has 90 valence electrons. The Kier molecular flexibility index (Phi) is 3.88. The molecule has 1 aliphatic heterocycles. The Morgan fingerprint density at radius 2 is 2.06 bits per heavy atom. The van der Waals surface area contributed by atoms with Crippen LogP contribution in [0.5, 0.6) is 0 Å². The molecular weight excluding hydrogens is 214 g/mol. The van der Waals surface area contributed by atoms with E-state index < -0.39 is 0 Å². The second-order valence-electron chi connectivity index (χ2n) is 4.27. The number of carbonyl (C=O) groups excluding carboxylic acids is 1. The smallest absolute Gasteiger partial charge is 0.254 e. The first-order valence-electron chi connectivity index (χ1n) is 5.95. The molecule has 1 N–H and O–H groups in total. The molecule has 4 heteroatoms. The van der Waals surface area contributed by atoms with E-state index in [0.29, 0.717) is 0 Å². The average Bonchev–Trinajstić information content (AvgIpc) is 2.40. The summed E-state index contributed by atoms with van der Waals surface area (Å²) in [6.45, 7) is 8.38. The van der Waals surface area contributed by atoms with Crippen molar-refractivity contribution in [3.05, 3.63) is 42.7 Å². The van der Waals surface area contributed by atoms with Gasteiger partial charge in [0.2, 0.25) is 0 Å². The van der Waals surface area contributed by atoms with E-state index in [-0.39, 0.29) is 5.91 Å². The monoisotopic (exact) mass is 232 g/mol. The van der Waals surface area contributed by atoms with Crippen LogP contribution < -0.4 is 4.90 Å². The van der Waals surface area contributed by atoms with Crippen molar-refractivity contribution in [1.29, 1.82) is 0 Å². The number of aromatic nitrogens is 1. The summed E-state index contributed by atoms with van der Waals surface area (Å²) in [5.41, 5.74) is 0.729. The Morgan fingerprint density at radius 3 is 2.65 bits per heavy atom. The zero-order valence-corrected chi connectivity index (χ0v) is 9.93. The fourth-order valence-corrected chi connectivity index (χ4v) is 2.11. The van der Waals surface area contributed by atoms with Crippen molar-refractivity contribution in [1.82, 2.24) is 9.88 Å². The van der Waals surface area contributed by atoms with Gasteiger partial charge in [-0.25, -0.2) is 0 Å². The molecule has 0 aliphatic carbocycles. The van der Waals surface area contributed by atoms with E-state index in [1.165, 1.54) is 4.90 Å². The van der Waals surface area contributed by atoms with Crippen LogP contribution in [0, 0.1) is 0 Å². The molecule has 0 spiro atoms. The predicted molar refractivity (Wildman–Crippen MR) is 65.9 cm³/mol. The lowest BCUT2D eigenvalue weighted by molar-refractivity contribution is -0.898. The zero-order valence-electron chi connectivity index (χ0n) is 9.93. The summed E-state index contributed by atoms with van der Waals surface area (Å²) in [4.78, 5) is 19.5. The highest BCUT2D eigenvalue weighted by Gasteiger charge is 2.23. The molecule has 0 aromatic carbocycles. The highest BCUT2D eigenvalue weighted by atomic mass is 16.2. The highest BCUT2D eigenvalue weighted by Crippen LogP contribution is 2.03. The number of hydrogen-bond acceptors (Lipinski definition) is 2. The molecule has 17 heavy (non-hydrogen) atoms. The van der Waals surface area contributed by atoms with Gasteiger partial charge in [-0.1, -0.05) is 6.58 Å². The quantitative estimate of drug-likeness (QED) is 0.721. The molecule has 1 aromatic rings. The number of hydrogen-bond donors (Lipinski definition) is 1. The normalized spacial score (nSPS) is 16.8. The van der Waals surface area contributed by atoms with Gasteiger partial charge in [-0.05, 0) is 18.2 Å². The van der Waals surface area contributed by atoms with Gasteiger partial charge < -0.3 is 9.80 Å². The van der Waals surface area contributed by atoms with Gasteiger partial charge in [-0.3, -0.25) is 9.78 Å². The van der Waals surface area contributed by atoms with E-state index in [9.17, 15) is 4.79 Å². The zero-order chi connectivity index (χ0) is 12.1. The summed E-state index contributed by atoms with van der Waals surface area (Å²) in [5.74, 6) is 0.116. The maximum atomic E-state index is 12.1. The van der Waals surface area contributed by atoms with Crippen molar-refractivity contribution in [3.63, 3.8) is 0 Å². The maximum Gasteiger partial charge on any atom is 0.254 e. The first kappa shape index (κ1) is 11.8. The topological polar surface area (TPSA) is 37.6 Å². The molecule has 1 saturated heterocycles. The minimum Gasteiger partial charge on any atom is -0.329 e. The number of nitrogens with one attached hydrogen (secondary N) is 1. The maximum absolute atomic E-state index is 12.1. The summed E-state index contributed by atoms with van der Waals surface area (Å²) in [7, 11) is 0. The lowest BCUT2D eigenvalue weighted by Crippen LogP contribution is -3.14. The SMILES string of the molecule is C=CC[NH+]1CCN(C(=O)c2ccncc2)CC1. The lowest BCUT2D eigenvalue weighted by atomic mass is 10.2. The number of amides is 1. The Hall–Kier alpha value is -1.68. The third-order valence-corrected chi connectivity index (χ3v) is 3.12. The van der Waals surface area contributed by atoms with Crippen molar-refractivity contribution in [3.8, 4) is 0 Å². The molecule has 1 amide bonds. The molecule has 4 nitrogen and oxygen atoms in total. The molecule has 2 rings (SSSR count). The van der Waals surface area contributed by atoms with Gasteiger partial charge in [0.1, 0.15) is 0 Å². The van der Waals surface area contributed by atoms with Gasteiger partial charge in [0.25, 0.3) is 5.91 Å². The van der Waals surface area contributed by atoms with E-state index in [1.807, 2.05) is 11.0 Å². The van der Waals surface area contributed by atoms with Crippen LogP contribution in [0.25, 0.3) is 0 Å². The summed E-state index contributed by atoms with van der Waals surface area (Å²) >= 11 is 0. The number of piperazine rings is 1. The van der Waals surface area contributed by atoms with Crippen molar-refractivity contribution in [2.24, 2.45) is 0 Å². The first-order valence-corrected chi connectivity index (χ1v) is 5.95. The molecule has 0 unspecified atom stereocenters. The van der Waals surface area contributed by atoms with Gasteiger partial charge in [-0.2, -0.15) is 0 Å². The molecule has 2 heterocycles. The minimum atomic E-state index is 0.116. The summed E-state index contributed by atoms with van der Waals surface area (Å²) in [6, 6.07) is 3.54. The molecule has 0 saturated carbocycles. The van der Waals surface area contributed by atoms with Crippen molar-refractivity contribution >= 4 is 5.91 Å². The van der Waals surface area contributed by atoms with Gasteiger partial charge in [-0.15, -0.1) is 0 Å². The number of carbonyl (C=O) groups is 1. The summed E-state index contributed by atoms with van der Waals surface area (Å²) < 4.78 is 0. The van der Waals surface area contributed by atoms with E-state index in [2.05, 4.69) is 11.6 Å². The first-order chi connectivity index (χ1) is 8.31. The highest BCUT2D eigenvalue weighted by molar-refractivity contribution is 5.94. The number of nitrogens with zero attached hydrogens (tertiary/aromatic N) is 2. The van der Waals surface area contributed by atoms with Crippen LogP contribution in [-0.4, -0.2) is 48.5 Å². The van der Waals surface area contributed by atoms with Crippen LogP contribution in [0.2, 0.25) is 0 Å². The second-order valence-corrected chi connectivity index (χ2v) is 4.27. The van der Waals surface area contributed by atoms with Crippen LogP contribution in [0.15, 0.2) is 37.2 Å². The lowest BCUT2D eigenvalue weighted by Gasteiger charge is -2.31. The number of rotatable bonds is 3. The molecule has 0 atom stereocenters. The molecule has 1 fully saturated rings. The predicted octanol–water partition coefficient (Wildman–Crippen LogP) is -0.392. The summed E-state index contributed by atoms with van der Waals surface area (Å²) in [5, 5.41) is 0. The fourth-order valence-electron chi connectivity index (χ4n) is 2.11. The fraction of sp³-hybridized carbons (Fsp3) is 0.385. The Morgan fingerprint density at radius 1 is 1.41 bits per heavy atom. The van der Waals surface area contributed by atoms with Crippen LogP contribution in [0.3, 0.4) is 0 Å². The van der Waals surface area contributed by atoms with Crippen LogP contribution >= 0.6 is 0 Å². The minimum absolute atomic E-state index is 0.116. The van der Waals surface area contributed by atoms with E-state index in [1.54, 1.807) is 24.5 Å². The molecule has 1 aromatic heterocycles. The van der Waals surface area contributed by atoms with Crippen LogP contribution in [0.4, 0.5) is 0 Å². The Bertz CT molecular complexity index is 383. The van der Waals surface area contributed by atoms with Gasteiger partial charge in [0.15, 0.2) is 0 Å². The Balaban J connectivity index is 1.93. The van der Waals surface area contributed by atoms with Crippen molar-refractivity contribution < 1.29 is 9.69 Å². The third kappa shape index (κ3) is 2.91. The van der Waals surface area contributed by atoms with Gasteiger partial charge >= 0.3 is 0 Å². The average molecular weight is 232 g/mol. The molecule has 0 radical (unpaired) electrons. The Labute approximate surface area is 102 Å². The molecular formula is C13H18N3O+. The van der Waals surface area contributed by atoms with Crippen LogP contribution in [0.1, 0.15) is 10.4 Å². The van der Waals surface area contributed by atoms with E-state index in [0.717, 1.165) is 38.3 Å². The summed E-state index contributed by atoms with van der Waals surface area (Å²) in [6.07, 6.45) is 5.26. The molecule has 0 bridgehead atoms. The molecule has 1 aliphatic rings. The van der Waals surface area contributed by atoms with Crippen molar-refractivity contribution in [2.45, 2.75) is 0 Å². The number of pyridine rings is 1. The van der Waals surface area contributed by atoms with E-state index in [4.69, 9.17) is 0 Å². The standard InChI is InChI=1S/C13H17N3O/c1-2-7-15-8-10-16(11-9-15)13(17)12-3-5-14-6-4-12/h2-6H,1,7-11H2/p+1. The van der Waals surface area contributed by atoms with Crippen LogP contribution in [-0.2, 0) is 0 Å². The van der Waals surface area contributed by atoms with E-state index >= 15 is 0 Å².